The molecule has 17 heavy (non-hydrogen) atoms. The SMILES string of the molecule is CCOC(=O)CC(C)(N)c1ccc(F)cc1F. The summed E-state index contributed by atoms with van der Waals surface area (Å²) < 4.78 is 31.0. The summed E-state index contributed by atoms with van der Waals surface area (Å²) in [5.41, 5.74) is 4.73. The minimum absolute atomic E-state index is 0.0898. The first-order valence-corrected chi connectivity index (χ1v) is 5.27. The summed E-state index contributed by atoms with van der Waals surface area (Å²) in [7, 11) is 0. The second-order valence-electron chi connectivity index (χ2n) is 4.02. The summed E-state index contributed by atoms with van der Waals surface area (Å²) in [4.78, 5) is 11.3. The van der Waals surface area contributed by atoms with Crippen LogP contribution in [0.5, 0.6) is 0 Å². The number of esters is 1. The Kier molecular flexibility index (Phi) is 4.17. The summed E-state index contributed by atoms with van der Waals surface area (Å²) in [5.74, 6) is -1.96. The third-order valence-corrected chi connectivity index (χ3v) is 2.36. The Balaban J connectivity index is 2.92. The molecule has 0 saturated carbocycles. The van der Waals surface area contributed by atoms with Crippen molar-refractivity contribution >= 4 is 5.97 Å². The van der Waals surface area contributed by atoms with Crippen molar-refractivity contribution in [2.24, 2.45) is 5.73 Å². The molecule has 0 fully saturated rings. The van der Waals surface area contributed by atoms with Crippen LogP contribution in [0.25, 0.3) is 0 Å². The fraction of sp³-hybridized carbons (Fsp3) is 0.417. The fourth-order valence-corrected chi connectivity index (χ4v) is 1.56. The van der Waals surface area contributed by atoms with E-state index < -0.39 is 23.1 Å². The van der Waals surface area contributed by atoms with Gasteiger partial charge in [0.2, 0.25) is 0 Å². The first-order valence-electron chi connectivity index (χ1n) is 5.27. The molecule has 0 saturated heterocycles. The van der Waals surface area contributed by atoms with Crippen molar-refractivity contribution in [3.63, 3.8) is 0 Å². The summed E-state index contributed by atoms with van der Waals surface area (Å²) in [6.45, 7) is 3.41. The maximum atomic E-state index is 13.5. The van der Waals surface area contributed by atoms with E-state index >= 15 is 0 Å². The summed E-state index contributed by atoms with van der Waals surface area (Å²) >= 11 is 0. The predicted octanol–water partition coefficient (Wildman–Crippen LogP) is 2.09. The molecule has 1 rings (SSSR count). The molecule has 5 heteroatoms. The van der Waals surface area contributed by atoms with Crippen LogP contribution in [-0.2, 0) is 15.1 Å². The van der Waals surface area contributed by atoms with Gasteiger partial charge in [-0.1, -0.05) is 6.07 Å². The van der Waals surface area contributed by atoms with Crippen LogP contribution < -0.4 is 5.73 Å². The molecule has 1 unspecified atom stereocenters. The molecule has 2 N–H and O–H groups in total. The van der Waals surface area contributed by atoms with E-state index in [1.54, 1.807) is 6.92 Å². The summed E-state index contributed by atoms with van der Waals surface area (Å²) in [5, 5.41) is 0. The van der Waals surface area contributed by atoms with Crippen molar-refractivity contribution in [2.75, 3.05) is 6.61 Å². The number of benzene rings is 1. The topological polar surface area (TPSA) is 52.3 Å². The Hall–Kier alpha value is -1.49. The van der Waals surface area contributed by atoms with Gasteiger partial charge in [-0.25, -0.2) is 8.78 Å². The molecule has 0 radical (unpaired) electrons. The lowest BCUT2D eigenvalue weighted by Crippen LogP contribution is -2.37. The molecule has 0 aliphatic heterocycles. The van der Waals surface area contributed by atoms with Crippen molar-refractivity contribution in [3.8, 4) is 0 Å². The van der Waals surface area contributed by atoms with Crippen LogP contribution in [0, 0.1) is 11.6 Å². The number of hydrogen-bond donors (Lipinski definition) is 1. The van der Waals surface area contributed by atoms with E-state index in [4.69, 9.17) is 10.5 Å². The van der Waals surface area contributed by atoms with E-state index in [1.807, 2.05) is 0 Å². The van der Waals surface area contributed by atoms with Crippen molar-refractivity contribution < 1.29 is 18.3 Å². The van der Waals surface area contributed by atoms with Gasteiger partial charge in [0.1, 0.15) is 11.6 Å². The van der Waals surface area contributed by atoms with Crippen LogP contribution in [0.15, 0.2) is 18.2 Å². The molecule has 0 aliphatic carbocycles. The van der Waals surface area contributed by atoms with Gasteiger partial charge >= 0.3 is 5.97 Å². The van der Waals surface area contributed by atoms with Crippen molar-refractivity contribution in [1.29, 1.82) is 0 Å². The molecule has 3 nitrogen and oxygen atoms in total. The lowest BCUT2D eigenvalue weighted by atomic mass is 9.89. The Labute approximate surface area is 98.6 Å². The first kappa shape index (κ1) is 13.6. The molecule has 0 heterocycles. The zero-order chi connectivity index (χ0) is 13.1. The summed E-state index contributed by atoms with van der Waals surface area (Å²) in [6, 6.07) is 3.09. The van der Waals surface area contributed by atoms with Gasteiger partial charge in [-0.15, -0.1) is 0 Å². The summed E-state index contributed by atoms with van der Waals surface area (Å²) in [6.07, 6.45) is -0.163. The normalized spacial score (nSPS) is 14.2. The maximum Gasteiger partial charge on any atom is 0.307 e. The van der Waals surface area contributed by atoms with Gasteiger partial charge < -0.3 is 10.5 Å². The van der Waals surface area contributed by atoms with E-state index in [0.717, 1.165) is 12.1 Å². The van der Waals surface area contributed by atoms with E-state index in [0.29, 0.717) is 0 Å². The Bertz CT molecular complexity index is 419. The smallest absolute Gasteiger partial charge is 0.307 e. The van der Waals surface area contributed by atoms with Crippen molar-refractivity contribution in [2.45, 2.75) is 25.8 Å². The highest BCUT2D eigenvalue weighted by Crippen LogP contribution is 2.25. The van der Waals surface area contributed by atoms with Crippen molar-refractivity contribution in [3.05, 3.63) is 35.4 Å². The average molecular weight is 243 g/mol. The van der Waals surface area contributed by atoms with E-state index in [1.165, 1.54) is 13.0 Å². The van der Waals surface area contributed by atoms with E-state index in [2.05, 4.69) is 0 Å². The monoisotopic (exact) mass is 243 g/mol. The number of nitrogens with two attached hydrogens (primary N) is 1. The first-order chi connectivity index (χ1) is 7.86. The minimum Gasteiger partial charge on any atom is -0.466 e. The highest BCUT2D eigenvalue weighted by atomic mass is 19.1. The van der Waals surface area contributed by atoms with Gasteiger partial charge in [0.15, 0.2) is 0 Å². The predicted molar refractivity (Wildman–Crippen MR) is 59.1 cm³/mol. The molecular weight excluding hydrogens is 228 g/mol. The molecule has 0 amide bonds. The van der Waals surface area contributed by atoms with Crippen LogP contribution in [0.3, 0.4) is 0 Å². The van der Waals surface area contributed by atoms with Gasteiger partial charge in [0.05, 0.1) is 18.6 Å². The van der Waals surface area contributed by atoms with Crippen LogP contribution in [0.2, 0.25) is 0 Å². The average Bonchev–Trinajstić information content (AvgIpc) is 2.15. The maximum absolute atomic E-state index is 13.5. The highest BCUT2D eigenvalue weighted by molar-refractivity contribution is 5.71. The second kappa shape index (κ2) is 5.23. The number of rotatable bonds is 4. The Morgan fingerprint density at radius 2 is 2.12 bits per heavy atom. The second-order valence-corrected chi connectivity index (χ2v) is 4.02. The zero-order valence-corrected chi connectivity index (χ0v) is 9.80. The van der Waals surface area contributed by atoms with Crippen LogP contribution >= 0.6 is 0 Å². The minimum atomic E-state index is -1.22. The lowest BCUT2D eigenvalue weighted by Gasteiger charge is -2.24. The van der Waals surface area contributed by atoms with Crippen LogP contribution in [0.4, 0.5) is 8.78 Å². The molecule has 1 aromatic rings. The van der Waals surface area contributed by atoms with Gasteiger partial charge in [0, 0.05) is 11.6 Å². The number of carbonyl (C=O) groups excluding carboxylic acids is 1. The number of carbonyl (C=O) groups is 1. The number of hydrogen-bond acceptors (Lipinski definition) is 3. The largest absolute Gasteiger partial charge is 0.466 e. The van der Waals surface area contributed by atoms with E-state index in [-0.39, 0.29) is 18.6 Å². The van der Waals surface area contributed by atoms with Gasteiger partial charge in [-0.2, -0.15) is 0 Å². The standard InChI is InChI=1S/C12H15F2NO2/c1-3-17-11(16)7-12(2,15)9-5-4-8(13)6-10(9)14/h4-6H,3,7,15H2,1-2H3. The van der Waals surface area contributed by atoms with Gasteiger partial charge in [0.25, 0.3) is 0 Å². The fourth-order valence-electron chi connectivity index (χ4n) is 1.56. The molecule has 1 atom stereocenters. The lowest BCUT2D eigenvalue weighted by molar-refractivity contribution is -0.144. The zero-order valence-electron chi connectivity index (χ0n) is 9.80. The third-order valence-electron chi connectivity index (χ3n) is 2.36. The number of halogens is 2. The van der Waals surface area contributed by atoms with Gasteiger partial charge in [-0.05, 0) is 19.9 Å². The molecule has 1 aromatic carbocycles. The van der Waals surface area contributed by atoms with E-state index in [9.17, 15) is 13.6 Å². The van der Waals surface area contributed by atoms with Gasteiger partial charge in [-0.3, -0.25) is 4.79 Å². The molecule has 94 valence electrons. The van der Waals surface area contributed by atoms with Crippen LogP contribution in [-0.4, -0.2) is 12.6 Å². The molecule has 0 aliphatic rings. The van der Waals surface area contributed by atoms with Crippen molar-refractivity contribution in [1.82, 2.24) is 0 Å². The Morgan fingerprint density at radius 1 is 1.47 bits per heavy atom. The third kappa shape index (κ3) is 3.49. The Morgan fingerprint density at radius 3 is 2.65 bits per heavy atom. The molecule has 0 spiro atoms. The highest BCUT2D eigenvalue weighted by Gasteiger charge is 2.28. The number of ether oxygens (including phenoxy) is 1. The quantitative estimate of drug-likeness (QED) is 0.824. The molecular formula is C12H15F2NO2. The molecule has 0 aromatic heterocycles. The molecule has 0 bridgehead atoms. The van der Waals surface area contributed by atoms with Crippen LogP contribution in [0.1, 0.15) is 25.8 Å².